The van der Waals surface area contributed by atoms with Crippen LogP contribution in [0.15, 0.2) is 6.07 Å². The Bertz CT molecular complexity index is 486. The van der Waals surface area contributed by atoms with Crippen molar-refractivity contribution in [2.75, 3.05) is 13.1 Å². The lowest BCUT2D eigenvalue weighted by molar-refractivity contribution is -0.130. The standard InChI is InChI=1S/C15H23N3O/c1-11-9-12-13(16)5-4-6-14(12)18(11)10-15(19)17-7-2-3-8-17/h9,13H,2-8,10,16H2,1H3. The summed E-state index contributed by atoms with van der Waals surface area (Å²) in [6.45, 7) is 4.44. The maximum absolute atomic E-state index is 12.3. The van der Waals surface area contributed by atoms with Crippen LogP contribution in [0, 0.1) is 6.92 Å². The summed E-state index contributed by atoms with van der Waals surface area (Å²) in [6, 6.07) is 2.33. The highest BCUT2D eigenvalue weighted by Crippen LogP contribution is 2.30. The van der Waals surface area contributed by atoms with Gasteiger partial charge < -0.3 is 15.2 Å². The van der Waals surface area contributed by atoms with Crippen molar-refractivity contribution in [2.45, 2.75) is 51.6 Å². The Hall–Kier alpha value is -1.29. The quantitative estimate of drug-likeness (QED) is 0.882. The van der Waals surface area contributed by atoms with E-state index in [1.807, 2.05) is 4.90 Å². The van der Waals surface area contributed by atoms with Crippen molar-refractivity contribution in [3.05, 3.63) is 23.0 Å². The number of carbonyl (C=O) groups is 1. The van der Waals surface area contributed by atoms with E-state index in [0.717, 1.165) is 45.2 Å². The van der Waals surface area contributed by atoms with Gasteiger partial charge in [-0.2, -0.15) is 0 Å². The third-order valence-electron chi connectivity index (χ3n) is 4.53. The number of nitrogens with zero attached hydrogens (tertiary/aromatic N) is 2. The van der Waals surface area contributed by atoms with Gasteiger partial charge in [-0.25, -0.2) is 0 Å². The Morgan fingerprint density at radius 1 is 1.37 bits per heavy atom. The molecule has 1 saturated heterocycles. The van der Waals surface area contributed by atoms with Crippen LogP contribution in [-0.4, -0.2) is 28.5 Å². The van der Waals surface area contributed by atoms with Crippen molar-refractivity contribution >= 4 is 5.91 Å². The maximum atomic E-state index is 12.3. The number of aryl methyl sites for hydroxylation is 1. The summed E-state index contributed by atoms with van der Waals surface area (Å²) in [5, 5.41) is 0. The Morgan fingerprint density at radius 3 is 2.84 bits per heavy atom. The second kappa shape index (κ2) is 5.00. The van der Waals surface area contributed by atoms with Gasteiger partial charge in [-0.05, 0) is 50.7 Å². The summed E-state index contributed by atoms with van der Waals surface area (Å²) < 4.78 is 2.19. The minimum absolute atomic E-state index is 0.158. The Balaban J connectivity index is 1.82. The minimum Gasteiger partial charge on any atom is -0.341 e. The van der Waals surface area contributed by atoms with Crippen LogP contribution in [-0.2, 0) is 17.8 Å². The Labute approximate surface area is 114 Å². The zero-order valence-electron chi connectivity index (χ0n) is 11.7. The van der Waals surface area contributed by atoms with Crippen LogP contribution >= 0.6 is 0 Å². The average Bonchev–Trinajstić information content (AvgIpc) is 3.00. The highest BCUT2D eigenvalue weighted by Gasteiger charge is 2.25. The molecule has 1 amide bonds. The number of amides is 1. The molecule has 2 N–H and O–H groups in total. The molecule has 1 atom stereocenters. The Morgan fingerprint density at radius 2 is 2.11 bits per heavy atom. The zero-order valence-corrected chi connectivity index (χ0v) is 11.7. The van der Waals surface area contributed by atoms with Gasteiger partial charge >= 0.3 is 0 Å². The normalized spacial score (nSPS) is 22.6. The van der Waals surface area contributed by atoms with Crippen molar-refractivity contribution in [1.29, 1.82) is 0 Å². The number of nitrogens with two attached hydrogens (primary N) is 1. The molecule has 1 aliphatic heterocycles. The topological polar surface area (TPSA) is 51.3 Å². The molecule has 1 unspecified atom stereocenters. The van der Waals surface area contributed by atoms with Gasteiger partial charge in [0.25, 0.3) is 0 Å². The largest absolute Gasteiger partial charge is 0.341 e. The summed E-state index contributed by atoms with van der Waals surface area (Å²) in [6.07, 6.45) is 5.56. The fourth-order valence-corrected chi connectivity index (χ4v) is 3.42. The first-order valence-corrected chi connectivity index (χ1v) is 7.39. The van der Waals surface area contributed by atoms with Crippen LogP contribution in [0.4, 0.5) is 0 Å². The summed E-state index contributed by atoms with van der Waals surface area (Å²) in [5.74, 6) is 0.262. The molecule has 1 aromatic heterocycles. The minimum atomic E-state index is 0.158. The molecule has 19 heavy (non-hydrogen) atoms. The van der Waals surface area contributed by atoms with E-state index in [1.165, 1.54) is 17.0 Å². The fraction of sp³-hybridized carbons (Fsp3) is 0.667. The molecule has 0 spiro atoms. The van der Waals surface area contributed by atoms with Crippen LogP contribution in [0.3, 0.4) is 0 Å². The molecule has 1 fully saturated rings. The van der Waals surface area contributed by atoms with Gasteiger partial charge in [0.05, 0.1) is 0 Å². The number of hydrogen-bond acceptors (Lipinski definition) is 2. The molecule has 3 rings (SSSR count). The molecule has 4 heteroatoms. The fourth-order valence-electron chi connectivity index (χ4n) is 3.42. The number of rotatable bonds is 2. The smallest absolute Gasteiger partial charge is 0.242 e. The molecule has 0 bridgehead atoms. The van der Waals surface area contributed by atoms with Crippen molar-refractivity contribution < 1.29 is 4.79 Å². The number of carbonyl (C=O) groups excluding carboxylic acids is 1. The van der Waals surface area contributed by atoms with Gasteiger partial charge in [-0.1, -0.05) is 0 Å². The number of hydrogen-bond donors (Lipinski definition) is 1. The van der Waals surface area contributed by atoms with E-state index in [0.29, 0.717) is 6.54 Å². The summed E-state index contributed by atoms with van der Waals surface area (Å²) in [5.41, 5.74) is 9.91. The molecule has 0 radical (unpaired) electrons. The second-order valence-electron chi connectivity index (χ2n) is 5.86. The van der Waals surface area contributed by atoms with Crippen molar-refractivity contribution in [1.82, 2.24) is 9.47 Å². The van der Waals surface area contributed by atoms with Crippen molar-refractivity contribution in [3.8, 4) is 0 Å². The molecule has 2 heterocycles. The molecule has 4 nitrogen and oxygen atoms in total. The van der Waals surface area contributed by atoms with Crippen LogP contribution in [0.5, 0.6) is 0 Å². The van der Waals surface area contributed by atoms with E-state index in [1.54, 1.807) is 0 Å². The maximum Gasteiger partial charge on any atom is 0.242 e. The highest BCUT2D eigenvalue weighted by molar-refractivity contribution is 5.76. The van der Waals surface area contributed by atoms with Gasteiger partial charge in [-0.15, -0.1) is 0 Å². The monoisotopic (exact) mass is 261 g/mol. The van der Waals surface area contributed by atoms with Crippen LogP contribution < -0.4 is 5.73 Å². The molecule has 0 saturated carbocycles. The first-order valence-electron chi connectivity index (χ1n) is 7.39. The predicted octanol–water partition coefficient (Wildman–Crippen LogP) is 1.76. The third-order valence-corrected chi connectivity index (χ3v) is 4.53. The van der Waals surface area contributed by atoms with Gasteiger partial charge in [0.2, 0.25) is 5.91 Å². The van der Waals surface area contributed by atoms with Crippen molar-refractivity contribution in [2.24, 2.45) is 5.73 Å². The van der Waals surface area contributed by atoms with Crippen molar-refractivity contribution in [3.63, 3.8) is 0 Å². The summed E-state index contributed by atoms with van der Waals surface area (Å²) in [7, 11) is 0. The lowest BCUT2D eigenvalue weighted by Crippen LogP contribution is -2.32. The summed E-state index contributed by atoms with van der Waals surface area (Å²) in [4.78, 5) is 14.3. The molecule has 104 valence electrons. The van der Waals surface area contributed by atoms with Crippen LogP contribution in [0.1, 0.15) is 48.7 Å². The van der Waals surface area contributed by atoms with Gasteiger partial charge in [-0.3, -0.25) is 4.79 Å². The highest BCUT2D eigenvalue weighted by atomic mass is 16.2. The number of fused-ring (bicyclic) bond motifs is 1. The summed E-state index contributed by atoms with van der Waals surface area (Å²) >= 11 is 0. The molecule has 0 aromatic carbocycles. The third kappa shape index (κ3) is 2.29. The van der Waals surface area contributed by atoms with Crippen LogP contribution in [0.2, 0.25) is 0 Å². The lowest BCUT2D eigenvalue weighted by atomic mass is 9.93. The second-order valence-corrected chi connectivity index (χ2v) is 5.86. The predicted molar refractivity (Wildman–Crippen MR) is 74.8 cm³/mol. The van der Waals surface area contributed by atoms with E-state index in [4.69, 9.17) is 5.73 Å². The van der Waals surface area contributed by atoms with Gasteiger partial charge in [0.1, 0.15) is 6.54 Å². The molecular formula is C15H23N3O. The number of likely N-dealkylation sites (tertiary alicyclic amines) is 1. The Kier molecular flexibility index (Phi) is 3.35. The molecule has 1 aliphatic carbocycles. The van der Waals surface area contributed by atoms with Crippen LogP contribution in [0.25, 0.3) is 0 Å². The molecular weight excluding hydrogens is 238 g/mol. The first kappa shape index (κ1) is 12.7. The van der Waals surface area contributed by atoms with Gasteiger partial charge in [0.15, 0.2) is 0 Å². The average molecular weight is 261 g/mol. The molecule has 2 aliphatic rings. The van der Waals surface area contributed by atoms with E-state index in [9.17, 15) is 4.79 Å². The van der Waals surface area contributed by atoms with E-state index in [2.05, 4.69) is 17.6 Å². The first-order chi connectivity index (χ1) is 9.16. The molecule has 1 aromatic rings. The van der Waals surface area contributed by atoms with E-state index in [-0.39, 0.29) is 11.9 Å². The van der Waals surface area contributed by atoms with E-state index < -0.39 is 0 Å². The SMILES string of the molecule is Cc1cc2c(n1CC(=O)N1CCCC1)CCCC2N. The number of aromatic nitrogens is 1. The zero-order chi connectivity index (χ0) is 13.4. The van der Waals surface area contributed by atoms with Gasteiger partial charge in [0, 0.05) is 30.5 Å². The van der Waals surface area contributed by atoms with E-state index >= 15 is 0 Å². The lowest BCUT2D eigenvalue weighted by Gasteiger charge is -2.22.